The molecule has 6 heteroatoms. The number of aliphatic hydroxyl groups excluding tert-OH is 1. The molecule has 0 bridgehead atoms. The van der Waals surface area contributed by atoms with Gasteiger partial charge in [0.05, 0.1) is 0 Å². The Hall–Kier alpha value is -3.07. The number of rotatable bonds is 3. The average molecular weight is 367 g/mol. The van der Waals surface area contributed by atoms with Gasteiger partial charge in [0.1, 0.15) is 12.2 Å². The van der Waals surface area contributed by atoms with Crippen LogP contribution in [0.2, 0.25) is 5.02 Å². The molecule has 0 spiro atoms. The summed E-state index contributed by atoms with van der Waals surface area (Å²) in [6.07, 6.45) is 0.340. The Labute approximate surface area is 154 Å². The molecule has 1 amide bonds. The number of carbonyl (C=O) groups excluding carboxylic acids is 1. The van der Waals surface area contributed by atoms with Crippen LogP contribution in [0.1, 0.15) is 27.2 Å². The van der Waals surface area contributed by atoms with Crippen molar-refractivity contribution in [3.63, 3.8) is 0 Å². The first-order valence-electron chi connectivity index (χ1n) is 7.82. The topological polar surface area (TPSA) is 96.2 Å². The Morgan fingerprint density at radius 2 is 1.92 bits per heavy atom. The molecular formula is C20H15ClN2O3. The summed E-state index contributed by atoms with van der Waals surface area (Å²) < 4.78 is 0. The van der Waals surface area contributed by atoms with Crippen LogP contribution in [-0.4, -0.2) is 22.6 Å². The van der Waals surface area contributed by atoms with Gasteiger partial charge in [-0.3, -0.25) is 9.59 Å². The Morgan fingerprint density at radius 1 is 1.19 bits per heavy atom. The minimum Gasteiger partial charge on any atom is -0.384 e. The van der Waals surface area contributed by atoms with Crippen molar-refractivity contribution in [1.82, 2.24) is 4.98 Å². The van der Waals surface area contributed by atoms with Crippen molar-refractivity contribution in [1.29, 1.82) is 0 Å². The number of H-pyrrole nitrogens is 1. The van der Waals surface area contributed by atoms with Crippen LogP contribution in [0.5, 0.6) is 0 Å². The van der Waals surface area contributed by atoms with E-state index in [1.54, 1.807) is 30.3 Å². The lowest BCUT2D eigenvalue weighted by molar-refractivity contribution is 0.0998. The van der Waals surface area contributed by atoms with Gasteiger partial charge in [0.25, 0.3) is 5.91 Å². The van der Waals surface area contributed by atoms with Crippen molar-refractivity contribution >= 4 is 28.4 Å². The molecule has 3 rings (SSSR count). The van der Waals surface area contributed by atoms with Gasteiger partial charge < -0.3 is 15.8 Å². The largest absolute Gasteiger partial charge is 0.384 e. The van der Waals surface area contributed by atoms with E-state index in [1.807, 2.05) is 12.1 Å². The maximum Gasteiger partial charge on any atom is 0.254 e. The number of nitrogens with one attached hydrogen (secondary N) is 1. The fourth-order valence-electron chi connectivity index (χ4n) is 2.76. The van der Waals surface area contributed by atoms with Gasteiger partial charge in [-0.2, -0.15) is 0 Å². The minimum absolute atomic E-state index is 0.0697. The first-order valence-corrected chi connectivity index (χ1v) is 8.20. The second kappa shape index (κ2) is 7.44. The molecule has 0 aliphatic heterocycles. The normalized spacial score (nSPS) is 10.4. The van der Waals surface area contributed by atoms with E-state index in [-0.39, 0.29) is 12.2 Å². The van der Waals surface area contributed by atoms with Gasteiger partial charge in [0.15, 0.2) is 0 Å². The summed E-state index contributed by atoms with van der Waals surface area (Å²) in [6.45, 7) is -0.277. The van der Waals surface area contributed by atoms with Crippen molar-refractivity contribution in [3.8, 4) is 11.8 Å². The molecule has 0 aliphatic rings. The van der Waals surface area contributed by atoms with Crippen molar-refractivity contribution < 1.29 is 9.90 Å². The molecule has 0 fully saturated rings. The molecule has 4 N–H and O–H groups in total. The van der Waals surface area contributed by atoms with Crippen molar-refractivity contribution in [2.24, 2.45) is 5.73 Å². The molecule has 26 heavy (non-hydrogen) atoms. The van der Waals surface area contributed by atoms with E-state index in [0.29, 0.717) is 33.6 Å². The Morgan fingerprint density at radius 3 is 2.58 bits per heavy atom. The Balaban J connectivity index is 2.16. The summed E-state index contributed by atoms with van der Waals surface area (Å²) in [5.74, 6) is 4.48. The number of hydrogen-bond acceptors (Lipinski definition) is 3. The molecule has 0 atom stereocenters. The monoisotopic (exact) mass is 366 g/mol. The van der Waals surface area contributed by atoms with Crippen LogP contribution in [0.15, 0.2) is 47.3 Å². The van der Waals surface area contributed by atoms with E-state index in [9.17, 15) is 9.59 Å². The van der Waals surface area contributed by atoms with E-state index in [1.165, 1.54) is 0 Å². The van der Waals surface area contributed by atoms with E-state index in [0.717, 1.165) is 5.56 Å². The second-order valence-electron chi connectivity index (χ2n) is 5.70. The lowest BCUT2D eigenvalue weighted by Gasteiger charge is -2.10. The summed E-state index contributed by atoms with van der Waals surface area (Å²) in [5.41, 5.74) is 7.44. The highest BCUT2D eigenvalue weighted by atomic mass is 35.5. The molecule has 5 nitrogen and oxygen atoms in total. The van der Waals surface area contributed by atoms with Gasteiger partial charge in [-0.05, 0) is 35.9 Å². The molecule has 0 saturated heterocycles. The second-order valence-corrected chi connectivity index (χ2v) is 6.13. The number of carbonyl (C=O) groups is 1. The van der Waals surface area contributed by atoms with Crippen LogP contribution in [-0.2, 0) is 6.42 Å². The molecule has 0 aliphatic carbocycles. The molecule has 2 aromatic carbocycles. The number of pyridine rings is 1. The molecule has 0 saturated carbocycles. The number of nitrogens with two attached hydrogens (primary N) is 1. The van der Waals surface area contributed by atoms with Gasteiger partial charge in [-0.1, -0.05) is 35.6 Å². The fraction of sp³-hybridized carbons (Fsp3) is 0.100. The summed E-state index contributed by atoms with van der Waals surface area (Å²) in [4.78, 5) is 27.9. The number of primary amides is 1. The van der Waals surface area contributed by atoms with E-state index in [4.69, 9.17) is 22.4 Å². The van der Waals surface area contributed by atoms with Crippen molar-refractivity contribution in [3.05, 3.63) is 80.1 Å². The number of aliphatic hydroxyl groups is 1. The summed E-state index contributed by atoms with van der Waals surface area (Å²) in [5, 5.41) is 9.72. The van der Waals surface area contributed by atoms with Crippen molar-refractivity contribution in [2.75, 3.05) is 6.61 Å². The molecular weight excluding hydrogens is 352 g/mol. The number of halogens is 1. The number of aromatic amines is 1. The Bertz CT molecular complexity index is 1110. The maximum atomic E-state index is 12.8. The van der Waals surface area contributed by atoms with Crippen LogP contribution in [0.4, 0.5) is 0 Å². The van der Waals surface area contributed by atoms with E-state index < -0.39 is 11.3 Å². The smallest absolute Gasteiger partial charge is 0.254 e. The maximum absolute atomic E-state index is 12.8. The zero-order chi connectivity index (χ0) is 18.7. The lowest BCUT2D eigenvalue weighted by Crippen LogP contribution is -2.25. The standard InChI is InChI=1S/C20H15ClN2O3/c21-14-6-3-13(4-7-14)11-17-18(20(22)26)19(25)15-10-12(2-1-9-24)5-8-16(15)23-17/h3-8,10,24H,9,11H2,(H2,22,26)(H,23,25). The number of benzene rings is 2. The van der Waals surface area contributed by atoms with E-state index >= 15 is 0 Å². The highest BCUT2D eigenvalue weighted by Gasteiger charge is 2.17. The summed E-state index contributed by atoms with van der Waals surface area (Å²) >= 11 is 5.89. The third kappa shape index (κ3) is 3.62. The van der Waals surface area contributed by atoms with Gasteiger partial charge in [0, 0.05) is 33.6 Å². The quantitative estimate of drug-likeness (QED) is 0.620. The van der Waals surface area contributed by atoms with Crippen LogP contribution in [0.25, 0.3) is 10.9 Å². The highest BCUT2D eigenvalue weighted by Crippen LogP contribution is 2.18. The zero-order valence-electron chi connectivity index (χ0n) is 13.7. The van der Waals surface area contributed by atoms with Crippen LogP contribution in [0, 0.1) is 11.8 Å². The minimum atomic E-state index is -0.788. The van der Waals surface area contributed by atoms with Crippen LogP contribution in [0.3, 0.4) is 0 Å². The number of amides is 1. The predicted octanol–water partition coefficient (Wildman–Crippen LogP) is 2.21. The third-order valence-corrected chi connectivity index (χ3v) is 4.18. The lowest BCUT2D eigenvalue weighted by atomic mass is 10.0. The fourth-order valence-corrected chi connectivity index (χ4v) is 2.88. The van der Waals surface area contributed by atoms with Crippen LogP contribution >= 0.6 is 11.6 Å². The van der Waals surface area contributed by atoms with Gasteiger partial charge in [-0.15, -0.1) is 0 Å². The first-order chi connectivity index (χ1) is 12.5. The van der Waals surface area contributed by atoms with Gasteiger partial charge in [0.2, 0.25) is 5.43 Å². The number of fused-ring (bicyclic) bond motifs is 1. The van der Waals surface area contributed by atoms with Gasteiger partial charge >= 0.3 is 0 Å². The molecule has 0 unspecified atom stereocenters. The molecule has 1 heterocycles. The third-order valence-electron chi connectivity index (χ3n) is 3.93. The van der Waals surface area contributed by atoms with E-state index in [2.05, 4.69) is 16.8 Å². The predicted molar refractivity (Wildman–Crippen MR) is 101 cm³/mol. The first kappa shape index (κ1) is 17.7. The highest BCUT2D eigenvalue weighted by molar-refractivity contribution is 6.30. The number of hydrogen-bond donors (Lipinski definition) is 3. The molecule has 1 aromatic heterocycles. The average Bonchev–Trinajstić information content (AvgIpc) is 2.62. The molecule has 0 radical (unpaired) electrons. The summed E-state index contributed by atoms with van der Waals surface area (Å²) in [7, 11) is 0. The van der Waals surface area contributed by atoms with Crippen LogP contribution < -0.4 is 11.2 Å². The number of aromatic nitrogens is 1. The van der Waals surface area contributed by atoms with Crippen molar-refractivity contribution in [2.45, 2.75) is 6.42 Å². The summed E-state index contributed by atoms with van der Waals surface area (Å²) in [6, 6.07) is 12.2. The molecule has 130 valence electrons. The van der Waals surface area contributed by atoms with Gasteiger partial charge in [-0.25, -0.2) is 0 Å². The zero-order valence-corrected chi connectivity index (χ0v) is 14.4. The Kier molecular flexibility index (Phi) is 5.08. The SMILES string of the molecule is NC(=O)c1c(Cc2ccc(Cl)cc2)[nH]c2ccc(C#CCO)cc2c1=O. The molecule has 3 aromatic rings.